The summed E-state index contributed by atoms with van der Waals surface area (Å²) in [6.07, 6.45) is -0.280. The van der Waals surface area contributed by atoms with Gasteiger partial charge in [0.05, 0.1) is 19.9 Å². The zero-order valence-corrected chi connectivity index (χ0v) is 11.8. The molecule has 1 aromatic rings. The van der Waals surface area contributed by atoms with Gasteiger partial charge in [-0.05, 0) is 18.2 Å². The van der Waals surface area contributed by atoms with Crippen molar-refractivity contribution < 1.29 is 14.3 Å². The lowest BCUT2D eigenvalue weighted by atomic mass is 10.2. The molecule has 0 N–H and O–H groups in total. The number of carbonyl (C=O) groups is 1. The van der Waals surface area contributed by atoms with Crippen molar-refractivity contribution in [1.29, 1.82) is 0 Å². The molecule has 0 atom stereocenters. The van der Waals surface area contributed by atoms with Crippen LogP contribution in [0.3, 0.4) is 0 Å². The van der Waals surface area contributed by atoms with Gasteiger partial charge in [-0.2, -0.15) is 0 Å². The molecule has 1 saturated heterocycles. The summed E-state index contributed by atoms with van der Waals surface area (Å²) in [6, 6.07) is 5.53. The first-order valence-corrected chi connectivity index (χ1v) is 6.45. The summed E-state index contributed by atoms with van der Waals surface area (Å²) in [6.45, 7) is 2.71. The Morgan fingerprint density at radius 2 is 1.89 bits per heavy atom. The Morgan fingerprint density at radius 1 is 1.21 bits per heavy atom. The quantitative estimate of drug-likeness (QED) is 0.835. The maximum atomic E-state index is 11.4. The molecular formula is C13H17ClN2O3. The molecule has 2 rings (SSSR count). The lowest BCUT2D eigenvalue weighted by Gasteiger charge is -2.35. The average molecular weight is 285 g/mol. The summed E-state index contributed by atoms with van der Waals surface area (Å²) in [4.78, 5) is 15.3. The summed E-state index contributed by atoms with van der Waals surface area (Å²) in [5.41, 5.74) is 0.958. The molecule has 1 aromatic carbocycles. The van der Waals surface area contributed by atoms with E-state index in [1.807, 2.05) is 12.1 Å². The molecule has 0 saturated carbocycles. The fourth-order valence-electron chi connectivity index (χ4n) is 2.17. The van der Waals surface area contributed by atoms with Gasteiger partial charge in [-0.15, -0.1) is 0 Å². The van der Waals surface area contributed by atoms with Crippen molar-refractivity contribution in [3.05, 3.63) is 23.2 Å². The first-order valence-electron chi connectivity index (χ1n) is 6.07. The van der Waals surface area contributed by atoms with Crippen molar-refractivity contribution in [2.75, 3.05) is 45.3 Å². The Hall–Kier alpha value is -1.62. The van der Waals surface area contributed by atoms with Gasteiger partial charge in [0.2, 0.25) is 0 Å². The van der Waals surface area contributed by atoms with Gasteiger partial charge in [0.1, 0.15) is 5.75 Å². The fourth-order valence-corrected chi connectivity index (χ4v) is 2.34. The molecule has 0 unspecified atom stereocenters. The monoisotopic (exact) mass is 284 g/mol. The molecule has 0 aliphatic carbocycles. The highest BCUT2D eigenvalue weighted by molar-refractivity contribution is 6.30. The second-order valence-corrected chi connectivity index (χ2v) is 4.70. The van der Waals surface area contributed by atoms with Crippen molar-refractivity contribution in [3.8, 4) is 5.75 Å². The number of halogens is 1. The van der Waals surface area contributed by atoms with Crippen LogP contribution in [-0.4, -0.2) is 51.4 Å². The van der Waals surface area contributed by atoms with Gasteiger partial charge in [-0.1, -0.05) is 11.6 Å². The number of amides is 1. The van der Waals surface area contributed by atoms with E-state index in [0.29, 0.717) is 18.1 Å². The average Bonchev–Trinajstić information content (AvgIpc) is 2.46. The van der Waals surface area contributed by atoms with Crippen molar-refractivity contribution >= 4 is 23.4 Å². The zero-order chi connectivity index (χ0) is 13.8. The number of methoxy groups -OCH3 is 2. The number of carbonyl (C=O) groups excluding carboxylic acids is 1. The van der Waals surface area contributed by atoms with Crippen LogP contribution in [0, 0.1) is 0 Å². The van der Waals surface area contributed by atoms with Gasteiger partial charge in [0, 0.05) is 31.2 Å². The molecule has 104 valence electrons. The van der Waals surface area contributed by atoms with Crippen LogP contribution in [0.25, 0.3) is 0 Å². The molecule has 5 nitrogen and oxygen atoms in total. The van der Waals surface area contributed by atoms with Crippen molar-refractivity contribution in [2.45, 2.75) is 0 Å². The highest BCUT2D eigenvalue weighted by Crippen LogP contribution is 2.31. The number of nitrogens with zero attached hydrogens (tertiary/aromatic N) is 2. The number of anilines is 1. The number of rotatable bonds is 2. The van der Waals surface area contributed by atoms with Gasteiger partial charge in [-0.25, -0.2) is 4.79 Å². The minimum Gasteiger partial charge on any atom is -0.495 e. The molecule has 0 radical (unpaired) electrons. The summed E-state index contributed by atoms with van der Waals surface area (Å²) in [5, 5.41) is 0.672. The Morgan fingerprint density at radius 3 is 2.47 bits per heavy atom. The minimum atomic E-state index is -0.280. The first-order chi connectivity index (χ1) is 9.15. The highest BCUT2D eigenvalue weighted by atomic mass is 35.5. The summed E-state index contributed by atoms with van der Waals surface area (Å²) >= 11 is 6.03. The standard InChI is InChI=1S/C13H17ClN2O3/c1-18-12-4-3-10(14)9-11(12)15-5-7-16(8-6-15)13(17)19-2/h3-4,9H,5-8H2,1-2H3. The third-order valence-electron chi connectivity index (χ3n) is 3.19. The van der Waals surface area contributed by atoms with Crippen molar-refractivity contribution in [1.82, 2.24) is 4.90 Å². The van der Waals surface area contributed by atoms with E-state index in [1.54, 1.807) is 18.1 Å². The summed E-state index contributed by atoms with van der Waals surface area (Å²) in [7, 11) is 3.03. The lowest BCUT2D eigenvalue weighted by molar-refractivity contribution is 0.121. The predicted molar refractivity (Wildman–Crippen MR) is 74.2 cm³/mol. The van der Waals surface area contributed by atoms with E-state index in [1.165, 1.54) is 7.11 Å². The molecule has 1 fully saturated rings. The van der Waals surface area contributed by atoms with Crippen molar-refractivity contribution in [2.24, 2.45) is 0 Å². The van der Waals surface area contributed by atoms with E-state index in [2.05, 4.69) is 4.90 Å². The van der Waals surface area contributed by atoms with Crippen LogP contribution in [0.4, 0.5) is 10.5 Å². The Bertz CT molecular complexity index is 459. The van der Waals surface area contributed by atoms with E-state index in [0.717, 1.165) is 24.5 Å². The van der Waals surface area contributed by atoms with Crippen LogP contribution >= 0.6 is 11.6 Å². The van der Waals surface area contributed by atoms with Gasteiger partial charge >= 0.3 is 6.09 Å². The van der Waals surface area contributed by atoms with E-state index in [4.69, 9.17) is 21.1 Å². The SMILES string of the molecule is COC(=O)N1CCN(c2cc(Cl)ccc2OC)CC1. The lowest BCUT2D eigenvalue weighted by Crippen LogP contribution is -2.48. The number of hydrogen-bond acceptors (Lipinski definition) is 4. The number of hydrogen-bond donors (Lipinski definition) is 0. The second-order valence-electron chi connectivity index (χ2n) is 4.26. The summed E-state index contributed by atoms with van der Waals surface area (Å²) in [5.74, 6) is 0.788. The van der Waals surface area contributed by atoms with E-state index in [9.17, 15) is 4.79 Å². The minimum absolute atomic E-state index is 0.280. The van der Waals surface area contributed by atoms with Crippen LogP contribution in [0.1, 0.15) is 0 Å². The molecule has 19 heavy (non-hydrogen) atoms. The Balaban J connectivity index is 2.09. The molecule has 1 aliphatic heterocycles. The second kappa shape index (κ2) is 6.02. The zero-order valence-electron chi connectivity index (χ0n) is 11.1. The van der Waals surface area contributed by atoms with Crippen LogP contribution in [0.5, 0.6) is 5.75 Å². The molecule has 6 heteroatoms. The number of ether oxygens (including phenoxy) is 2. The predicted octanol–water partition coefficient (Wildman–Crippen LogP) is 2.24. The van der Waals surface area contributed by atoms with Crippen LogP contribution in [0.2, 0.25) is 5.02 Å². The first kappa shape index (κ1) is 13.8. The van der Waals surface area contributed by atoms with Gasteiger partial charge in [0.25, 0.3) is 0 Å². The van der Waals surface area contributed by atoms with Crippen LogP contribution < -0.4 is 9.64 Å². The third-order valence-corrected chi connectivity index (χ3v) is 3.43. The van der Waals surface area contributed by atoms with E-state index < -0.39 is 0 Å². The van der Waals surface area contributed by atoms with Crippen LogP contribution in [0.15, 0.2) is 18.2 Å². The summed E-state index contributed by atoms with van der Waals surface area (Å²) < 4.78 is 10.1. The highest BCUT2D eigenvalue weighted by Gasteiger charge is 2.23. The Kier molecular flexibility index (Phi) is 4.37. The van der Waals surface area contributed by atoms with E-state index in [-0.39, 0.29) is 6.09 Å². The number of benzene rings is 1. The van der Waals surface area contributed by atoms with Crippen LogP contribution in [-0.2, 0) is 4.74 Å². The Labute approximate surface area is 117 Å². The van der Waals surface area contributed by atoms with Crippen molar-refractivity contribution in [3.63, 3.8) is 0 Å². The molecule has 1 heterocycles. The molecule has 0 bridgehead atoms. The third kappa shape index (κ3) is 3.04. The van der Waals surface area contributed by atoms with E-state index >= 15 is 0 Å². The fraction of sp³-hybridized carbons (Fsp3) is 0.462. The van der Waals surface area contributed by atoms with Gasteiger partial charge < -0.3 is 19.3 Å². The maximum absolute atomic E-state index is 11.4. The normalized spacial score (nSPS) is 15.3. The largest absolute Gasteiger partial charge is 0.495 e. The molecule has 1 amide bonds. The molecule has 0 spiro atoms. The molecule has 0 aromatic heterocycles. The van der Waals surface area contributed by atoms with Gasteiger partial charge in [-0.3, -0.25) is 0 Å². The number of piperazine rings is 1. The molecular weight excluding hydrogens is 268 g/mol. The smallest absolute Gasteiger partial charge is 0.409 e. The topological polar surface area (TPSA) is 42.0 Å². The van der Waals surface area contributed by atoms with Gasteiger partial charge in [0.15, 0.2) is 0 Å². The molecule has 1 aliphatic rings. The maximum Gasteiger partial charge on any atom is 0.409 e.